The van der Waals surface area contributed by atoms with Crippen LogP contribution in [0.2, 0.25) is 5.02 Å². The van der Waals surface area contributed by atoms with Crippen LogP contribution in [-0.2, 0) is 9.59 Å². The van der Waals surface area contributed by atoms with E-state index in [1.54, 1.807) is 25.1 Å². The first-order valence-corrected chi connectivity index (χ1v) is 8.23. The number of carbonyl (C=O) groups is 2. The van der Waals surface area contributed by atoms with E-state index in [0.29, 0.717) is 16.8 Å². The molecule has 2 aromatic carbocycles. The summed E-state index contributed by atoms with van der Waals surface area (Å²) in [5.74, 6) is -5.55. The summed E-state index contributed by atoms with van der Waals surface area (Å²) in [5.41, 5.74) is 0.893. The predicted octanol–water partition coefficient (Wildman–Crippen LogP) is 3.57. The molecule has 0 spiro atoms. The Morgan fingerprint density at radius 3 is 2.11 bits per heavy atom. The van der Waals surface area contributed by atoms with Gasteiger partial charge in [-0.15, -0.1) is 0 Å². The second kappa shape index (κ2) is 8.88. The maximum absolute atomic E-state index is 13.6. The fourth-order valence-corrected chi connectivity index (χ4v) is 2.54. The summed E-state index contributed by atoms with van der Waals surface area (Å²) < 4.78 is 39.6. The molecule has 0 unspecified atom stereocenters. The van der Waals surface area contributed by atoms with Crippen LogP contribution in [0.1, 0.15) is 5.56 Å². The van der Waals surface area contributed by atoms with Crippen molar-refractivity contribution in [1.82, 2.24) is 4.90 Å². The second-order valence-corrected chi connectivity index (χ2v) is 6.39. The van der Waals surface area contributed by atoms with Gasteiger partial charge in [-0.05, 0) is 49.9 Å². The van der Waals surface area contributed by atoms with E-state index in [1.807, 2.05) is 0 Å². The molecule has 5 nitrogen and oxygen atoms in total. The maximum atomic E-state index is 13.6. The number of likely N-dealkylation sites (N-methyl/N-ethyl adjacent to an activating group) is 1. The van der Waals surface area contributed by atoms with Crippen molar-refractivity contribution >= 4 is 34.8 Å². The van der Waals surface area contributed by atoms with E-state index in [0.717, 1.165) is 11.6 Å². The van der Waals surface area contributed by atoms with E-state index >= 15 is 0 Å². The largest absolute Gasteiger partial charge is 0.325 e. The van der Waals surface area contributed by atoms with Crippen molar-refractivity contribution in [3.05, 3.63) is 58.4 Å². The highest BCUT2D eigenvalue weighted by molar-refractivity contribution is 6.30. The Balaban J connectivity index is 1.89. The molecular weight excluding hydrogens is 383 g/mol. The summed E-state index contributed by atoms with van der Waals surface area (Å²) in [7, 11) is 1.51. The first-order chi connectivity index (χ1) is 12.7. The van der Waals surface area contributed by atoms with Gasteiger partial charge in [0, 0.05) is 10.7 Å². The molecule has 0 saturated heterocycles. The minimum Gasteiger partial charge on any atom is -0.325 e. The van der Waals surface area contributed by atoms with Crippen molar-refractivity contribution in [2.45, 2.75) is 6.92 Å². The van der Waals surface area contributed by atoms with Gasteiger partial charge in [-0.1, -0.05) is 11.6 Å². The molecule has 9 heteroatoms. The number of amides is 2. The minimum atomic E-state index is -1.67. The number of aryl methyl sites for hydroxylation is 1. The van der Waals surface area contributed by atoms with Crippen molar-refractivity contribution in [2.24, 2.45) is 0 Å². The topological polar surface area (TPSA) is 61.4 Å². The maximum Gasteiger partial charge on any atom is 0.238 e. The third-order valence-electron chi connectivity index (χ3n) is 3.60. The van der Waals surface area contributed by atoms with Gasteiger partial charge in [0.2, 0.25) is 11.8 Å². The summed E-state index contributed by atoms with van der Waals surface area (Å²) in [5, 5.41) is 5.38. The number of hydrogen-bond donors (Lipinski definition) is 2. The van der Waals surface area contributed by atoms with Crippen LogP contribution in [0, 0.1) is 24.4 Å². The lowest BCUT2D eigenvalue weighted by Crippen LogP contribution is -2.36. The molecule has 0 saturated carbocycles. The summed E-state index contributed by atoms with van der Waals surface area (Å²) in [6.07, 6.45) is 0. The van der Waals surface area contributed by atoms with E-state index in [-0.39, 0.29) is 19.0 Å². The first kappa shape index (κ1) is 20.7. The van der Waals surface area contributed by atoms with Gasteiger partial charge in [-0.2, -0.15) is 0 Å². The van der Waals surface area contributed by atoms with Crippen LogP contribution in [0.4, 0.5) is 24.5 Å². The zero-order valence-electron chi connectivity index (χ0n) is 14.6. The van der Waals surface area contributed by atoms with Gasteiger partial charge in [0.15, 0.2) is 17.5 Å². The van der Waals surface area contributed by atoms with Crippen molar-refractivity contribution in [3.8, 4) is 0 Å². The zero-order valence-corrected chi connectivity index (χ0v) is 15.3. The van der Waals surface area contributed by atoms with Gasteiger partial charge in [-0.25, -0.2) is 13.2 Å². The normalized spacial score (nSPS) is 10.8. The van der Waals surface area contributed by atoms with Crippen molar-refractivity contribution < 1.29 is 22.8 Å². The molecule has 0 heterocycles. The zero-order chi connectivity index (χ0) is 20.1. The third kappa shape index (κ3) is 5.70. The minimum absolute atomic E-state index is 0.115. The fourth-order valence-electron chi connectivity index (χ4n) is 2.32. The molecule has 0 aliphatic rings. The Hall–Kier alpha value is -2.58. The van der Waals surface area contributed by atoms with Gasteiger partial charge in [0.25, 0.3) is 0 Å². The fraction of sp³-hybridized carbons (Fsp3) is 0.222. The predicted molar refractivity (Wildman–Crippen MR) is 97.3 cm³/mol. The lowest BCUT2D eigenvalue weighted by Gasteiger charge is -2.17. The average molecular weight is 400 g/mol. The molecule has 2 amide bonds. The molecule has 0 atom stereocenters. The smallest absolute Gasteiger partial charge is 0.238 e. The Morgan fingerprint density at radius 1 is 0.963 bits per heavy atom. The van der Waals surface area contributed by atoms with Crippen LogP contribution in [0.3, 0.4) is 0 Å². The Kier molecular flexibility index (Phi) is 6.81. The van der Waals surface area contributed by atoms with Crippen molar-refractivity contribution in [2.75, 3.05) is 30.8 Å². The van der Waals surface area contributed by atoms with Crippen molar-refractivity contribution in [3.63, 3.8) is 0 Å². The van der Waals surface area contributed by atoms with Crippen molar-refractivity contribution in [1.29, 1.82) is 0 Å². The molecule has 2 N–H and O–H groups in total. The number of carbonyl (C=O) groups excluding carboxylic acids is 2. The van der Waals surface area contributed by atoms with Crippen LogP contribution in [0.15, 0.2) is 30.3 Å². The summed E-state index contributed by atoms with van der Waals surface area (Å²) in [6, 6.07) is 6.62. The lowest BCUT2D eigenvalue weighted by atomic mass is 10.2. The Bertz CT molecular complexity index is 877. The molecular formula is C18H17ClF3N3O2. The molecule has 27 heavy (non-hydrogen) atoms. The summed E-state index contributed by atoms with van der Waals surface area (Å²) in [4.78, 5) is 25.4. The van der Waals surface area contributed by atoms with E-state index in [4.69, 9.17) is 11.6 Å². The molecule has 0 aliphatic heterocycles. The number of anilines is 2. The van der Waals surface area contributed by atoms with Crippen LogP contribution >= 0.6 is 11.6 Å². The number of hydrogen-bond acceptors (Lipinski definition) is 3. The molecule has 0 radical (unpaired) electrons. The number of nitrogens with zero attached hydrogens (tertiary/aromatic N) is 1. The monoisotopic (exact) mass is 399 g/mol. The Labute approximate surface area is 159 Å². The number of benzene rings is 2. The third-order valence-corrected chi connectivity index (χ3v) is 3.83. The highest BCUT2D eigenvalue weighted by atomic mass is 35.5. The van der Waals surface area contributed by atoms with E-state index in [1.165, 1.54) is 11.9 Å². The first-order valence-electron chi connectivity index (χ1n) is 7.85. The highest BCUT2D eigenvalue weighted by Gasteiger charge is 2.17. The van der Waals surface area contributed by atoms with Gasteiger partial charge < -0.3 is 10.6 Å². The van der Waals surface area contributed by atoms with E-state index in [9.17, 15) is 22.8 Å². The number of halogens is 4. The SMILES string of the molecule is Cc1cc(Cl)ccc1NC(=O)CN(C)CC(=O)Nc1ccc(F)c(F)c1F. The second-order valence-electron chi connectivity index (χ2n) is 5.95. The Morgan fingerprint density at radius 2 is 1.52 bits per heavy atom. The van der Waals surface area contributed by atoms with Gasteiger partial charge in [0.05, 0.1) is 18.8 Å². The highest BCUT2D eigenvalue weighted by Crippen LogP contribution is 2.20. The molecule has 0 bridgehead atoms. The number of nitrogens with one attached hydrogen (secondary N) is 2. The van der Waals surface area contributed by atoms with E-state index < -0.39 is 29.0 Å². The quantitative estimate of drug-likeness (QED) is 0.730. The van der Waals surface area contributed by atoms with Crippen LogP contribution in [0.25, 0.3) is 0 Å². The number of rotatable bonds is 6. The average Bonchev–Trinajstić information content (AvgIpc) is 2.57. The van der Waals surface area contributed by atoms with Crippen LogP contribution in [-0.4, -0.2) is 36.9 Å². The summed E-state index contributed by atoms with van der Waals surface area (Å²) in [6.45, 7) is 1.41. The standard InChI is InChI=1S/C18H17ClF3N3O2/c1-10-7-11(19)3-5-13(10)23-15(26)8-25(2)9-16(27)24-14-6-4-12(20)17(21)18(14)22/h3-7H,8-9H2,1-2H3,(H,23,26)(H,24,27). The molecule has 2 rings (SSSR count). The molecule has 0 fully saturated rings. The molecule has 0 aromatic heterocycles. The van der Waals surface area contributed by atoms with Crippen LogP contribution < -0.4 is 10.6 Å². The molecule has 2 aromatic rings. The molecule has 144 valence electrons. The van der Waals surface area contributed by atoms with E-state index in [2.05, 4.69) is 10.6 Å². The lowest BCUT2D eigenvalue weighted by molar-refractivity contribution is -0.119. The van der Waals surface area contributed by atoms with Crippen LogP contribution in [0.5, 0.6) is 0 Å². The van der Waals surface area contributed by atoms with Gasteiger partial charge in [0.1, 0.15) is 0 Å². The van der Waals surface area contributed by atoms with Gasteiger partial charge >= 0.3 is 0 Å². The molecule has 0 aliphatic carbocycles. The van der Waals surface area contributed by atoms with Gasteiger partial charge in [-0.3, -0.25) is 14.5 Å². The summed E-state index contributed by atoms with van der Waals surface area (Å²) >= 11 is 5.85.